The Kier molecular flexibility index (Phi) is 31.6. The fourth-order valence-electron chi connectivity index (χ4n) is 16.7. The Labute approximate surface area is 890 Å². The van der Waals surface area contributed by atoms with Gasteiger partial charge in [0.25, 0.3) is 0 Å². The van der Waals surface area contributed by atoms with E-state index in [-0.39, 0.29) is 5.97 Å². The molecule has 11 aromatic carbocycles. The van der Waals surface area contributed by atoms with Crippen LogP contribution >= 0.6 is 0 Å². The van der Waals surface area contributed by atoms with Crippen LogP contribution in [0, 0.1) is 81.6 Å². The molecule has 11 heterocycles. The van der Waals surface area contributed by atoms with Crippen LogP contribution in [0.15, 0.2) is 334 Å². The van der Waals surface area contributed by atoms with E-state index in [1.807, 2.05) is 371 Å². The van der Waals surface area contributed by atoms with Crippen LogP contribution in [-0.4, -0.2) is 151 Å². The van der Waals surface area contributed by atoms with Gasteiger partial charge in [-0.2, -0.15) is 0 Å². The summed E-state index contributed by atoms with van der Waals surface area (Å²) in [6.07, 6.45) is 5.37. The number of carbonyl (C=O) groups is 2. The second-order valence-electron chi connectivity index (χ2n) is 36.7. The summed E-state index contributed by atoms with van der Waals surface area (Å²) in [5.74, 6) is 5.49. The number of carbonyl (C=O) groups excluding carboxylic acids is 2. The van der Waals surface area contributed by atoms with Gasteiger partial charge in [0.1, 0.15) is 33.8 Å². The standard InChI is InChI=1S/11C10H9NO.C5H10O2.C2H4O2.Al.4Ga.O/c3*1-7-5-6-11-10-8(7)3-2-4-9(10)12;8*1-7-5-6-8-3-2-4-9(12)10(8)11-7;1-5(2,3)4(6)7;1-2(3)4;;;;;;/h11*2-6,12H,1H3;1-3H3,(H,6,7);1H3,(H,3,4);;;;;;/q;;;;;;;;;;;;;+3;2*+2;2*+3;/p-13. The average molecular weight is 2220 g/mol. The van der Waals surface area contributed by atoms with Crippen molar-refractivity contribution in [2.45, 2.75) is 104 Å². The number of hydrogen-bond acceptors (Lipinski definition) is 27. The average Bonchev–Trinajstić information content (AvgIpc) is 0.754. The molecule has 0 unspecified atom stereocenters. The molecule has 22 aromatic rings. The third-order valence-corrected chi connectivity index (χ3v) is 40.8. The van der Waals surface area contributed by atoms with Gasteiger partial charge in [-0.25, -0.2) is 0 Å². The number of hydrogen-bond donors (Lipinski definition) is 0. The van der Waals surface area contributed by atoms with Crippen LogP contribution in [0.2, 0.25) is 0 Å². The smallest absolute Gasteiger partial charge is 0.576 e. The molecule has 149 heavy (non-hydrogen) atoms. The fourth-order valence-corrected chi connectivity index (χ4v) is 32.4. The van der Waals surface area contributed by atoms with E-state index in [2.05, 4.69) is 55.7 Å². The quantitative estimate of drug-likeness (QED) is 0.0455. The van der Waals surface area contributed by atoms with Gasteiger partial charge in [0.15, 0.2) is 0 Å². The third-order valence-electron chi connectivity index (χ3n) is 24.2. The molecule has 0 fully saturated rings. The zero-order valence-electron chi connectivity index (χ0n) is 84.6. The maximum Gasteiger partial charge on any atom is 1.20 e. The molecule has 0 amide bonds. The minimum absolute atomic E-state index is 0.365. The Bertz CT molecular complexity index is 8100. The van der Waals surface area contributed by atoms with Gasteiger partial charge in [-0.3, -0.25) is 15.0 Å². The molecule has 0 aliphatic heterocycles. The molecular formula is C117H100AlGa4N11O16. The number of pyridine rings is 11. The zero-order chi connectivity index (χ0) is 104. The van der Waals surface area contributed by atoms with E-state index in [9.17, 15) is 9.59 Å². The fraction of sp³-hybridized carbons (Fsp3) is 0.137. The normalized spacial score (nSPS) is 11.1. The second kappa shape index (κ2) is 46.0. The van der Waals surface area contributed by atoms with Crippen molar-refractivity contribution in [1.29, 1.82) is 0 Å². The van der Waals surface area contributed by atoms with Gasteiger partial charge in [0.05, 0.1) is 0 Å². The summed E-state index contributed by atoms with van der Waals surface area (Å²) in [5.41, 5.74) is 17.7. The second-order valence-corrected chi connectivity index (χ2v) is 51.3. The van der Waals surface area contributed by atoms with Crippen molar-refractivity contribution >= 4 is 216 Å². The zero-order valence-corrected chi connectivity index (χ0v) is 95.4. The first-order valence-corrected chi connectivity index (χ1v) is 61.7. The van der Waals surface area contributed by atoms with Crippen LogP contribution in [0.1, 0.15) is 89.9 Å². The Hall–Kier alpha value is -15.3. The van der Waals surface area contributed by atoms with Gasteiger partial charge >= 0.3 is 693 Å². The minimum atomic E-state index is -3.87. The molecule has 0 saturated carbocycles. The molecule has 22 rings (SSSR count). The van der Waals surface area contributed by atoms with E-state index in [1.165, 1.54) is 6.92 Å². The van der Waals surface area contributed by atoms with Gasteiger partial charge < -0.3 is 11.4 Å². The summed E-state index contributed by atoms with van der Waals surface area (Å²) in [4.78, 5) is 75.9. The molecule has 0 N–H and O–H groups in total. The van der Waals surface area contributed by atoms with Crippen molar-refractivity contribution in [2.24, 2.45) is 5.41 Å². The Morgan fingerprint density at radius 3 is 0.631 bits per heavy atom. The molecular weight excluding hydrogens is 2120 g/mol. The molecule has 0 saturated heterocycles. The number of aromatic nitrogens is 11. The molecule has 0 aliphatic carbocycles. The Balaban J connectivity index is 0.000000128. The molecule has 27 nitrogen and oxygen atoms in total. The number of aryl methyl sites for hydroxylation is 11. The van der Waals surface area contributed by atoms with Crippen LogP contribution in [0.5, 0.6) is 63.2 Å². The first-order chi connectivity index (χ1) is 72.1. The largest absolute Gasteiger partial charge is 1.20 e. The maximum atomic E-state index is 12.7. The van der Waals surface area contributed by atoms with Crippen molar-refractivity contribution in [3.8, 4) is 63.2 Å². The molecule has 0 radical (unpaired) electrons. The van der Waals surface area contributed by atoms with Crippen LogP contribution in [0.25, 0.3) is 120 Å². The van der Waals surface area contributed by atoms with Crippen LogP contribution in [-0.2, 0) is 19.0 Å². The predicted molar refractivity (Wildman–Crippen MR) is 585 cm³/mol. The summed E-state index contributed by atoms with van der Waals surface area (Å²) in [7, 11) is 0. The third kappa shape index (κ3) is 24.7. The van der Waals surface area contributed by atoms with E-state index in [0.29, 0.717) is 85.3 Å². The number of benzene rings is 11. The summed E-state index contributed by atoms with van der Waals surface area (Å²) >= 11 is -17.7. The number of fused-ring (bicyclic) bond motifs is 11. The van der Waals surface area contributed by atoms with Crippen LogP contribution < -0.4 is 39.6 Å². The first-order valence-electron chi connectivity index (χ1n) is 48.5. The number of nitrogens with zero attached hydrogens (tertiary/aromatic N) is 11. The van der Waals surface area contributed by atoms with E-state index in [4.69, 9.17) is 68.9 Å². The van der Waals surface area contributed by atoms with Gasteiger partial charge in [-0.15, -0.1) is 0 Å². The molecule has 11 aromatic heterocycles. The first kappa shape index (κ1) is 102. The van der Waals surface area contributed by atoms with Crippen molar-refractivity contribution in [3.05, 3.63) is 396 Å². The van der Waals surface area contributed by atoms with Gasteiger partial charge in [0.2, 0.25) is 0 Å². The number of rotatable bonds is 26. The molecule has 0 bridgehead atoms. The van der Waals surface area contributed by atoms with Crippen molar-refractivity contribution < 1.29 is 58.6 Å². The molecule has 0 atom stereocenters. The molecule has 734 valence electrons. The van der Waals surface area contributed by atoms with E-state index in [0.717, 1.165) is 160 Å². The van der Waals surface area contributed by atoms with Gasteiger partial charge in [-0.05, 0) is 73.9 Å². The molecule has 32 heteroatoms. The Morgan fingerprint density at radius 2 is 0.423 bits per heavy atom. The molecule has 0 aliphatic rings. The SMILES string of the molecule is CC(=O)[O][Ga]([O]c1cccc2ccc(C)nc12)[O]c1cccc2ccc(C)nc12.Cc1ccc2cccc([O][Ga]([O]C(=O)C(C)(C)C)[O]c3cccc4ccc(C)nc34)c2n1.Cc1ccc2cccc([O][Ga]([O]c3cccc4ccc(C)nc34)[O][Ga]([O]c3cccc4ccc(C)nc34)[O]c3cccc4ccc(C)nc34)c2n1.Cc1ccnc2c([O][Al]([O]c3cccc4c(C)ccnc34)[O]c3cccc4c(C)ccnc34)cccc12. The van der Waals surface area contributed by atoms with Gasteiger partial charge in [-0.1, -0.05) is 36.4 Å². The van der Waals surface area contributed by atoms with Crippen molar-refractivity contribution in [3.63, 3.8) is 0 Å². The van der Waals surface area contributed by atoms with Gasteiger partial charge in [0, 0.05) is 34.7 Å². The monoisotopic (exact) mass is 2220 g/mol. The summed E-state index contributed by atoms with van der Waals surface area (Å²) in [6, 6.07) is 101. The number of para-hydroxylation sites is 11. The Morgan fingerprint density at radius 1 is 0.228 bits per heavy atom. The van der Waals surface area contributed by atoms with Crippen LogP contribution in [0.4, 0.5) is 0 Å². The van der Waals surface area contributed by atoms with Crippen molar-refractivity contribution in [2.75, 3.05) is 0 Å². The summed E-state index contributed by atoms with van der Waals surface area (Å²) in [6.45, 7) is 28.5. The maximum absolute atomic E-state index is 12.7. The molecule has 0 spiro atoms. The van der Waals surface area contributed by atoms with E-state index in [1.54, 1.807) is 39.4 Å². The van der Waals surface area contributed by atoms with Crippen molar-refractivity contribution in [1.82, 2.24) is 54.8 Å². The van der Waals surface area contributed by atoms with Crippen LogP contribution in [0.3, 0.4) is 0 Å². The summed E-state index contributed by atoms with van der Waals surface area (Å²) in [5, 5.41) is 10.6. The summed E-state index contributed by atoms with van der Waals surface area (Å²) < 4.78 is 89.7. The topological polar surface area (TPSA) is 305 Å². The van der Waals surface area contributed by atoms with E-state index >= 15 is 0 Å². The van der Waals surface area contributed by atoms with E-state index < -0.39 is 95.8 Å². The minimum Gasteiger partial charge on any atom is -0.576 e. The predicted octanol–water partition coefficient (Wildman–Crippen LogP) is 25.3.